The van der Waals surface area contributed by atoms with E-state index < -0.39 is 18.0 Å². The molecule has 6 heteroatoms. The molecule has 0 fully saturated rings. The Kier molecular flexibility index (Phi) is 4.56. The van der Waals surface area contributed by atoms with Crippen molar-refractivity contribution in [3.8, 4) is 0 Å². The molecule has 3 N–H and O–H groups in total. The molecule has 1 aromatic rings. The van der Waals surface area contributed by atoms with Crippen LogP contribution in [-0.4, -0.2) is 29.2 Å². The van der Waals surface area contributed by atoms with Crippen molar-refractivity contribution in [3.05, 3.63) is 24.2 Å². The fourth-order valence-corrected chi connectivity index (χ4v) is 1.31. The molecule has 6 nitrogen and oxygen atoms in total. The molecule has 0 saturated carbocycles. The van der Waals surface area contributed by atoms with Gasteiger partial charge in [0.15, 0.2) is 0 Å². The second-order valence-corrected chi connectivity index (χ2v) is 3.86. The number of hydrogen-bond acceptors (Lipinski definition) is 3. The van der Waals surface area contributed by atoms with Crippen LogP contribution in [0.1, 0.15) is 19.6 Å². The van der Waals surface area contributed by atoms with E-state index in [1.54, 1.807) is 12.3 Å². The van der Waals surface area contributed by atoms with Gasteiger partial charge in [-0.15, -0.1) is 0 Å². The largest absolute Gasteiger partial charge is 0.480 e. The lowest BCUT2D eigenvalue weighted by Gasteiger charge is -2.15. The number of rotatable bonds is 5. The van der Waals surface area contributed by atoms with Crippen molar-refractivity contribution in [1.29, 1.82) is 0 Å². The monoisotopic (exact) mass is 240 g/mol. The van der Waals surface area contributed by atoms with E-state index in [1.807, 2.05) is 13.0 Å². The van der Waals surface area contributed by atoms with Crippen molar-refractivity contribution in [1.82, 2.24) is 10.6 Å². The average molecular weight is 240 g/mol. The highest BCUT2D eigenvalue weighted by Gasteiger charge is 2.15. The SMILES string of the molecule is CC(Cc1ccco1)NC(=O)NC(C)C(=O)O. The summed E-state index contributed by atoms with van der Waals surface area (Å²) in [5, 5.41) is 13.6. The molecule has 17 heavy (non-hydrogen) atoms. The Morgan fingerprint density at radius 2 is 2.12 bits per heavy atom. The van der Waals surface area contributed by atoms with Gasteiger partial charge in [0.2, 0.25) is 0 Å². The van der Waals surface area contributed by atoms with Crippen LogP contribution in [-0.2, 0) is 11.2 Å². The van der Waals surface area contributed by atoms with E-state index in [4.69, 9.17) is 9.52 Å². The van der Waals surface area contributed by atoms with Gasteiger partial charge >= 0.3 is 12.0 Å². The molecule has 0 radical (unpaired) electrons. The molecular weight excluding hydrogens is 224 g/mol. The standard InChI is InChI=1S/C11H16N2O4/c1-7(6-9-4-3-5-17-9)12-11(16)13-8(2)10(14)15/h3-5,7-8H,6H2,1-2H3,(H,14,15)(H2,12,13,16). The van der Waals surface area contributed by atoms with Gasteiger partial charge in [-0.2, -0.15) is 0 Å². The van der Waals surface area contributed by atoms with Gasteiger partial charge in [-0.05, 0) is 26.0 Å². The van der Waals surface area contributed by atoms with Gasteiger partial charge in [0.1, 0.15) is 11.8 Å². The van der Waals surface area contributed by atoms with Crippen molar-refractivity contribution in [3.63, 3.8) is 0 Å². The Balaban J connectivity index is 2.33. The van der Waals surface area contributed by atoms with Gasteiger partial charge in [0, 0.05) is 12.5 Å². The van der Waals surface area contributed by atoms with E-state index in [0.717, 1.165) is 5.76 Å². The molecule has 0 spiro atoms. The third-order valence-corrected chi connectivity index (χ3v) is 2.18. The van der Waals surface area contributed by atoms with Gasteiger partial charge in [-0.25, -0.2) is 4.79 Å². The smallest absolute Gasteiger partial charge is 0.325 e. The number of carbonyl (C=O) groups is 2. The lowest BCUT2D eigenvalue weighted by molar-refractivity contribution is -0.138. The number of furan rings is 1. The molecule has 0 bridgehead atoms. The molecule has 2 atom stereocenters. The highest BCUT2D eigenvalue weighted by atomic mass is 16.4. The van der Waals surface area contributed by atoms with Crippen LogP contribution in [0.2, 0.25) is 0 Å². The third-order valence-electron chi connectivity index (χ3n) is 2.18. The molecule has 1 heterocycles. The zero-order valence-corrected chi connectivity index (χ0v) is 9.77. The summed E-state index contributed by atoms with van der Waals surface area (Å²) in [6, 6.07) is 2.04. The summed E-state index contributed by atoms with van der Waals surface area (Å²) in [5.74, 6) is -0.303. The maximum atomic E-state index is 11.4. The minimum absolute atomic E-state index is 0.137. The highest BCUT2D eigenvalue weighted by molar-refractivity contribution is 5.82. The van der Waals surface area contributed by atoms with Gasteiger partial charge in [-0.3, -0.25) is 4.79 Å². The zero-order chi connectivity index (χ0) is 12.8. The van der Waals surface area contributed by atoms with Gasteiger partial charge in [0.05, 0.1) is 6.26 Å². The molecule has 0 aliphatic carbocycles. The molecule has 0 aliphatic heterocycles. The number of carboxylic acids is 1. The van der Waals surface area contributed by atoms with Gasteiger partial charge in [0.25, 0.3) is 0 Å². The van der Waals surface area contributed by atoms with Crippen molar-refractivity contribution >= 4 is 12.0 Å². The van der Waals surface area contributed by atoms with Crippen LogP contribution in [0.5, 0.6) is 0 Å². The molecular formula is C11H16N2O4. The van der Waals surface area contributed by atoms with Crippen LogP contribution in [0, 0.1) is 0 Å². The summed E-state index contributed by atoms with van der Waals surface area (Å²) in [6.07, 6.45) is 2.12. The van der Waals surface area contributed by atoms with Crippen LogP contribution in [0.25, 0.3) is 0 Å². The van der Waals surface area contributed by atoms with Gasteiger partial charge < -0.3 is 20.2 Å². The first kappa shape index (κ1) is 13.1. The molecule has 1 aromatic heterocycles. The normalized spacial score (nSPS) is 13.8. The first-order valence-corrected chi connectivity index (χ1v) is 5.31. The molecule has 2 unspecified atom stereocenters. The summed E-state index contributed by atoms with van der Waals surface area (Å²) < 4.78 is 5.14. The van der Waals surface area contributed by atoms with Crippen LogP contribution in [0.3, 0.4) is 0 Å². The van der Waals surface area contributed by atoms with Gasteiger partial charge in [-0.1, -0.05) is 0 Å². The van der Waals surface area contributed by atoms with E-state index in [9.17, 15) is 9.59 Å². The van der Waals surface area contributed by atoms with Crippen LogP contribution >= 0.6 is 0 Å². The Morgan fingerprint density at radius 3 is 2.65 bits per heavy atom. The Labute approximate surface area is 99.0 Å². The Morgan fingerprint density at radius 1 is 1.41 bits per heavy atom. The quantitative estimate of drug-likeness (QED) is 0.715. The summed E-state index contributed by atoms with van der Waals surface area (Å²) in [5.41, 5.74) is 0. The van der Waals surface area contributed by atoms with E-state index >= 15 is 0 Å². The Hall–Kier alpha value is -1.98. The minimum atomic E-state index is -1.07. The number of carboxylic acid groups (broad SMARTS) is 1. The maximum Gasteiger partial charge on any atom is 0.325 e. The lowest BCUT2D eigenvalue weighted by Crippen LogP contribution is -2.47. The topological polar surface area (TPSA) is 91.6 Å². The highest BCUT2D eigenvalue weighted by Crippen LogP contribution is 2.03. The second-order valence-electron chi connectivity index (χ2n) is 3.86. The molecule has 0 saturated heterocycles. The summed E-state index contributed by atoms with van der Waals surface area (Å²) in [4.78, 5) is 21.9. The predicted molar refractivity (Wildman–Crippen MR) is 60.6 cm³/mol. The predicted octanol–water partition coefficient (Wildman–Crippen LogP) is 0.983. The fourth-order valence-electron chi connectivity index (χ4n) is 1.31. The summed E-state index contributed by atoms with van der Waals surface area (Å²) in [6.45, 7) is 3.21. The van der Waals surface area contributed by atoms with Crippen molar-refractivity contribution < 1.29 is 19.1 Å². The number of carbonyl (C=O) groups excluding carboxylic acids is 1. The summed E-state index contributed by atoms with van der Waals surface area (Å²) >= 11 is 0. The number of amides is 2. The average Bonchev–Trinajstić information content (AvgIpc) is 2.69. The molecule has 0 aromatic carbocycles. The first-order chi connectivity index (χ1) is 7.99. The van der Waals surface area contributed by atoms with E-state index in [1.165, 1.54) is 6.92 Å². The van der Waals surface area contributed by atoms with E-state index in [2.05, 4.69) is 10.6 Å². The number of aliphatic carboxylic acids is 1. The fraction of sp³-hybridized carbons (Fsp3) is 0.455. The minimum Gasteiger partial charge on any atom is -0.480 e. The molecule has 0 aliphatic rings. The number of nitrogens with one attached hydrogen (secondary N) is 2. The van der Waals surface area contributed by atoms with Crippen molar-refractivity contribution in [2.24, 2.45) is 0 Å². The summed E-state index contributed by atoms with van der Waals surface area (Å²) in [7, 11) is 0. The zero-order valence-electron chi connectivity index (χ0n) is 9.77. The second kappa shape index (κ2) is 5.93. The first-order valence-electron chi connectivity index (χ1n) is 5.31. The number of urea groups is 1. The lowest BCUT2D eigenvalue weighted by atomic mass is 10.2. The molecule has 2 amide bonds. The van der Waals surface area contributed by atoms with Crippen LogP contribution < -0.4 is 10.6 Å². The van der Waals surface area contributed by atoms with Crippen LogP contribution in [0.15, 0.2) is 22.8 Å². The maximum absolute atomic E-state index is 11.4. The molecule has 94 valence electrons. The molecule has 1 rings (SSSR count). The van der Waals surface area contributed by atoms with E-state index in [-0.39, 0.29) is 6.04 Å². The van der Waals surface area contributed by atoms with Crippen molar-refractivity contribution in [2.75, 3.05) is 0 Å². The number of hydrogen-bond donors (Lipinski definition) is 3. The van der Waals surface area contributed by atoms with Crippen LogP contribution in [0.4, 0.5) is 4.79 Å². The van der Waals surface area contributed by atoms with E-state index in [0.29, 0.717) is 6.42 Å². The Bertz CT molecular complexity index is 375. The van der Waals surface area contributed by atoms with Crippen molar-refractivity contribution in [2.45, 2.75) is 32.4 Å². The third kappa shape index (κ3) is 4.58.